The van der Waals surface area contributed by atoms with Crippen molar-refractivity contribution in [2.45, 2.75) is 76.8 Å². The van der Waals surface area contributed by atoms with Crippen LogP contribution in [0.5, 0.6) is 0 Å². The summed E-state index contributed by atoms with van der Waals surface area (Å²) in [4.78, 5) is 24.4. The molecule has 6 aromatic heterocycles. The smallest absolute Gasteiger partial charge is 0.225 e. The van der Waals surface area contributed by atoms with Gasteiger partial charge in [0, 0.05) is 106 Å². The van der Waals surface area contributed by atoms with Gasteiger partial charge >= 0.3 is 0 Å². The Morgan fingerprint density at radius 2 is 1.24 bits per heavy atom. The number of likely N-dealkylation sites (N-methyl/N-ethyl adjacent to an activating group) is 2. The molecule has 4 aliphatic rings. The van der Waals surface area contributed by atoms with Gasteiger partial charge in [-0.3, -0.25) is 20.0 Å². The van der Waals surface area contributed by atoms with Gasteiger partial charge in [-0.25, -0.2) is 28.1 Å². The number of aryl methyl sites for hydroxylation is 2. The molecular formula is C56H58F2N18. The summed E-state index contributed by atoms with van der Waals surface area (Å²) in [5.41, 5.74) is 13.7. The van der Waals surface area contributed by atoms with E-state index in [0.29, 0.717) is 63.4 Å². The second-order valence-corrected chi connectivity index (χ2v) is 21.1. The van der Waals surface area contributed by atoms with E-state index < -0.39 is 0 Å². The normalized spacial score (nSPS) is 17.7. The van der Waals surface area contributed by atoms with Gasteiger partial charge in [-0.05, 0) is 109 Å². The predicted molar refractivity (Wildman–Crippen MR) is 287 cm³/mol. The van der Waals surface area contributed by atoms with E-state index >= 15 is 8.78 Å². The Hall–Kier alpha value is -8.10. The fourth-order valence-corrected chi connectivity index (χ4v) is 12.1. The van der Waals surface area contributed by atoms with Gasteiger partial charge in [-0.15, -0.1) is 10.2 Å². The van der Waals surface area contributed by atoms with Gasteiger partial charge in [0.2, 0.25) is 11.9 Å². The highest BCUT2D eigenvalue weighted by molar-refractivity contribution is 5.94. The van der Waals surface area contributed by atoms with Crippen LogP contribution in [0.3, 0.4) is 0 Å². The first-order valence-corrected chi connectivity index (χ1v) is 26.5. The number of H-pyrrole nitrogens is 2. The predicted octanol–water partition coefficient (Wildman–Crippen LogP) is 9.50. The summed E-state index contributed by atoms with van der Waals surface area (Å²) in [5.74, 6) is 3.04. The minimum Gasteiger partial charge on any atom is -0.331 e. The molecule has 386 valence electrons. The van der Waals surface area contributed by atoms with Crippen molar-refractivity contribution >= 4 is 45.1 Å². The van der Waals surface area contributed by atoms with Gasteiger partial charge in [0.05, 0.1) is 51.6 Å². The molecule has 20 heteroatoms. The number of fused-ring (bicyclic) bond motifs is 4. The number of anilines is 4. The molecule has 2 unspecified atom stereocenters. The van der Waals surface area contributed by atoms with E-state index in [1.165, 1.54) is 17.7 Å². The molecule has 0 saturated heterocycles. The third-order valence-corrected chi connectivity index (χ3v) is 16.5. The van der Waals surface area contributed by atoms with E-state index in [2.05, 4.69) is 66.8 Å². The third kappa shape index (κ3) is 7.70. The van der Waals surface area contributed by atoms with E-state index in [-0.39, 0.29) is 23.5 Å². The first-order chi connectivity index (χ1) is 37.0. The minimum atomic E-state index is -0.373. The van der Waals surface area contributed by atoms with E-state index in [0.717, 1.165) is 138 Å². The summed E-state index contributed by atoms with van der Waals surface area (Å²) < 4.78 is 39.7. The number of aromatic amines is 2. The van der Waals surface area contributed by atoms with Crippen LogP contribution < -0.4 is 10.6 Å². The third-order valence-electron chi connectivity index (χ3n) is 16.5. The Balaban J connectivity index is 0.744. The average Bonchev–Trinajstić information content (AvgIpc) is 4.02. The van der Waals surface area contributed by atoms with Crippen molar-refractivity contribution in [1.29, 1.82) is 0 Å². The highest BCUT2D eigenvalue weighted by atomic mass is 19.1. The number of hydrogen-bond donors (Lipinski definition) is 4. The number of imidazole rings is 2. The number of hydrogen-bond acceptors (Lipinski definition) is 12. The maximum absolute atomic E-state index is 16.1. The molecule has 0 spiro atoms. The molecule has 14 rings (SSSR count). The van der Waals surface area contributed by atoms with Crippen molar-refractivity contribution < 1.29 is 8.78 Å². The van der Waals surface area contributed by atoms with Gasteiger partial charge in [-0.1, -0.05) is 26.0 Å². The van der Waals surface area contributed by atoms with Crippen LogP contribution in [-0.2, 0) is 54.1 Å². The van der Waals surface area contributed by atoms with Gasteiger partial charge in [0.25, 0.3) is 0 Å². The Labute approximate surface area is 436 Å². The Morgan fingerprint density at radius 1 is 0.618 bits per heavy atom. The second-order valence-electron chi connectivity index (χ2n) is 21.1. The van der Waals surface area contributed by atoms with E-state index in [1.54, 1.807) is 21.5 Å². The summed E-state index contributed by atoms with van der Waals surface area (Å²) in [6.07, 6.45) is 8.62. The average molecular weight is 1020 g/mol. The molecule has 76 heavy (non-hydrogen) atoms. The zero-order valence-electron chi connectivity index (χ0n) is 43.4. The van der Waals surface area contributed by atoms with E-state index in [4.69, 9.17) is 30.1 Å². The maximum Gasteiger partial charge on any atom is 0.225 e. The molecule has 0 bridgehead atoms. The summed E-state index contributed by atoms with van der Waals surface area (Å²) in [6.45, 7) is 9.74. The lowest BCUT2D eigenvalue weighted by Gasteiger charge is -2.25. The molecule has 2 aliphatic heterocycles. The molecule has 8 heterocycles. The van der Waals surface area contributed by atoms with Crippen molar-refractivity contribution in [2.24, 2.45) is 28.2 Å². The lowest BCUT2D eigenvalue weighted by molar-refractivity contribution is 0.260. The molecule has 0 radical (unpaired) electrons. The lowest BCUT2D eigenvalue weighted by atomic mass is 9.94. The van der Waals surface area contributed by atoms with E-state index in [1.807, 2.05) is 67.9 Å². The van der Waals surface area contributed by atoms with Crippen LogP contribution in [0.25, 0.3) is 67.4 Å². The van der Waals surface area contributed by atoms with Crippen LogP contribution >= 0.6 is 0 Å². The number of aromatic nitrogens is 14. The number of rotatable bonds is 13. The Kier molecular flexibility index (Phi) is 10.9. The maximum atomic E-state index is 16.1. The first kappa shape index (κ1) is 46.4. The SMILES string of the molecule is CCN1CCc2c(nc(-c3ccc(-c4nc(Nc5cc(C6CC6c6c(Nc7nc(-c8ccc(-c9nc%10c(n9C)CN(CC)CC%10)c(F)c8)nn7C)ccc7[nH]ncc67)c6[nH]ncc6c5C5CC5)n(C)n4)cc3F)n2C)C1. The summed E-state index contributed by atoms with van der Waals surface area (Å²) in [6, 6.07) is 16.7. The molecule has 10 aromatic rings. The van der Waals surface area contributed by atoms with Crippen molar-refractivity contribution in [3.63, 3.8) is 0 Å². The van der Waals surface area contributed by atoms with Crippen molar-refractivity contribution in [1.82, 2.24) is 78.8 Å². The van der Waals surface area contributed by atoms with Crippen LogP contribution in [0, 0.1) is 11.6 Å². The highest BCUT2D eigenvalue weighted by Gasteiger charge is 2.44. The van der Waals surface area contributed by atoms with Gasteiger partial charge in [0.15, 0.2) is 11.6 Å². The zero-order valence-corrected chi connectivity index (χ0v) is 43.4. The van der Waals surface area contributed by atoms with Crippen molar-refractivity contribution in [3.8, 4) is 45.6 Å². The van der Waals surface area contributed by atoms with Gasteiger partial charge in [-0.2, -0.15) is 20.2 Å². The zero-order chi connectivity index (χ0) is 51.7. The molecule has 4 N–H and O–H groups in total. The topological polar surface area (TPSA) is 185 Å². The van der Waals surface area contributed by atoms with Crippen LogP contribution in [-0.4, -0.2) is 105 Å². The molecular weight excluding hydrogens is 963 g/mol. The molecule has 4 aromatic carbocycles. The fourth-order valence-electron chi connectivity index (χ4n) is 12.1. The second kappa shape index (κ2) is 17.8. The highest BCUT2D eigenvalue weighted by Crippen LogP contribution is 2.60. The Bertz CT molecular complexity index is 3940. The Morgan fingerprint density at radius 3 is 1.91 bits per heavy atom. The summed E-state index contributed by atoms with van der Waals surface area (Å²) in [7, 11) is 7.64. The lowest BCUT2D eigenvalue weighted by Crippen LogP contribution is -2.31. The van der Waals surface area contributed by atoms with Crippen molar-refractivity contribution in [3.05, 3.63) is 118 Å². The first-order valence-electron chi connectivity index (χ1n) is 26.5. The van der Waals surface area contributed by atoms with Crippen LogP contribution in [0.1, 0.15) is 90.3 Å². The molecule has 18 nitrogen and oxygen atoms in total. The standard InChI is InChI=1S/C56H58F2N18/c1-7-75-20-18-46-45(27-75)62-54(71(46)3)33-14-12-31(22-40(33)58)52-66-56(74(6)70-52)64-44-24-36(50-38(26-60-68-50)48(44)29-9-10-29)34-23-35(34)49-37-25-59-67-41(37)15-16-43(49)63-55-65-51(69-73(55)5)30-11-13-32(39(57)21-30)53-61-42-17-19-76(8-2)28-47(42)72(53)4/h11-16,21-22,24-26,29,34-35H,7-10,17-20,23,27-28H2,1-6H3,(H,59,67)(H,60,68)(H,63,65,69)(H,64,66,70). The largest absolute Gasteiger partial charge is 0.331 e. The van der Waals surface area contributed by atoms with Crippen molar-refractivity contribution in [2.75, 3.05) is 36.8 Å². The molecule has 2 fully saturated rings. The molecule has 0 amide bonds. The number of benzene rings is 4. The molecule has 2 saturated carbocycles. The number of nitrogens with one attached hydrogen (secondary N) is 4. The van der Waals surface area contributed by atoms with Gasteiger partial charge < -0.3 is 19.8 Å². The van der Waals surface area contributed by atoms with Crippen LogP contribution in [0.4, 0.5) is 32.1 Å². The fraction of sp³-hybridized carbons (Fsp3) is 0.357. The summed E-state index contributed by atoms with van der Waals surface area (Å²) >= 11 is 0. The minimum absolute atomic E-state index is 0.118. The quantitative estimate of drug-likeness (QED) is 0.0859. The van der Waals surface area contributed by atoms with E-state index in [9.17, 15) is 0 Å². The molecule has 2 aliphatic carbocycles. The van der Waals surface area contributed by atoms with Gasteiger partial charge in [0.1, 0.15) is 23.3 Å². The molecule has 2 atom stereocenters. The number of nitrogens with zero attached hydrogens (tertiary/aromatic N) is 14. The van der Waals surface area contributed by atoms with Crippen LogP contribution in [0.2, 0.25) is 0 Å². The number of halogens is 2. The summed E-state index contributed by atoms with van der Waals surface area (Å²) in [5, 5.41) is 34.6. The van der Waals surface area contributed by atoms with Crippen LogP contribution in [0.15, 0.2) is 67.0 Å². The monoisotopic (exact) mass is 1020 g/mol.